The minimum atomic E-state index is -0.0152. The molecule has 0 radical (unpaired) electrons. The molecule has 0 aliphatic carbocycles. The molecule has 4 heteroatoms. The molecule has 2 aromatic rings. The first kappa shape index (κ1) is 13.9. The van der Waals surface area contributed by atoms with Crippen LogP contribution in [0.2, 0.25) is 10.0 Å². The van der Waals surface area contributed by atoms with Gasteiger partial charge in [-0.05, 0) is 18.6 Å². The van der Waals surface area contributed by atoms with Gasteiger partial charge in [0.1, 0.15) is 5.75 Å². The summed E-state index contributed by atoms with van der Waals surface area (Å²) in [5.41, 5.74) is 2.11. The molecule has 0 aliphatic heterocycles. The summed E-state index contributed by atoms with van der Waals surface area (Å²) < 4.78 is 5.11. The Bertz CT molecular complexity index is 636. The highest BCUT2D eigenvalue weighted by Crippen LogP contribution is 2.37. The summed E-state index contributed by atoms with van der Waals surface area (Å²) in [5, 5.41) is 0.954. The van der Waals surface area contributed by atoms with E-state index < -0.39 is 0 Å². The first-order valence-corrected chi connectivity index (χ1v) is 6.43. The molecule has 0 heterocycles. The Balaban J connectivity index is 2.66. The van der Waals surface area contributed by atoms with Crippen molar-refractivity contribution in [3.05, 3.63) is 52.0 Å². The molecule has 0 unspecified atom stereocenters. The highest BCUT2D eigenvalue weighted by molar-refractivity contribution is 6.36. The molecular formula is C15H12Cl2O2. The number of benzene rings is 2. The van der Waals surface area contributed by atoms with Gasteiger partial charge in [-0.2, -0.15) is 0 Å². The van der Waals surface area contributed by atoms with E-state index in [2.05, 4.69) is 0 Å². The number of hydrogen-bond donors (Lipinski definition) is 0. The summed E-state index contributed by atoms with van der Waals surface area (Å²) in [7, 11) is 1.53. The smallest absolute Gasteiger partial charge is 0.160 e. The lowest BCUT2D eigenvalue weighted by Gasteiger charge is -2.11. The molecule has 2 aromatic carbocycles. The van der Waals surface area contributed by atoms with E-state index in [1.54, 1.807) is 18.2 Å². The SMILES string of the molecule is COc1cc(Cl)c(-c2ccccc2C(C)=O)cc1Cl. The van der Waals surface area contributed by atoms with Crippen molar-refractivity contribution in [1.29, 1.82) is 0 Å². The van der Waals surface area contributed by atoms with Crippen LogP contribution < -0.4 is 4.74 Å². The number of hydrogen-bond acceptors (Lipinski definition) is 2. The van der Waals surface area contributed by atoms with Gasteiger partial charge < -0.3 is 4.74 Å². The van der Waals surface area contributed by atoms with Crippen molar-refractivity contribution < 1.29 is 9.53 Å². The second-order valence-corrected chi connectivity index (χ2v) is 4.88. The number of ether oxygens (including phenoxy) is 1. The molecule has 2 nitrogen and oxygen atoms in total. The molecule has 0 saturated carbocycles. The zero-order valence-electron chi connectivity index (χ0n) is 10.5. The van der Waals surface area contributed by atoms with Gasteiger partial charge in [0.15, 0.2) is 5.78 Å². The van der Waals surface area contributed by atoms with Crippen molar-refractivity contribution in [1.82, 2.24) is 0 Å². The van der Waals surface area contributed by atoms with Crippen LogP contribution in [0.4, 0.5) is 0 Å². The average molecular weight is 295 g/mol. The molecule has 0 aliphatic rings. The predicted molar refractivity (Wildman–Crippen MR) is 78.5 cm³/mol. The Morgan fingerprint density at radius 1 is 1.05 bits per heavy atom. The lowest BCUT2D eigenvalue weighted by atomic mass is 9.97. The van der Waals surface area contributed by atoms with Gasteiger partial charge in [0.25, 0.3) is 0 Å². The Morgan fingerprint density at radius 3 is 2.37 bits per heavy atom. The number of carbonyl (C=O) groups excluding carboxylic acids is 1. The Kier molecular flexibility index (Phi) is 4.13. The predicted octanol–water partition coefficient (Wildman–Crippen LogP) is 4.87. The third-order valence-electron chi connectivity index (χ3n) is 2.84. The van der Waals surface area contributed by atoms with Crippen molar-refractivity contribution in [2.24, 2.45) is 0 Å². The second kappa shape index (κ2) is 5.64. The molecular weight excluding hydrogens is 283 g/mol. The summed E-state index contributed by atoms with van der Waals surface area (Å²) in [6.45, 7) is 1.53. The second-order valence-electron chi connectivity index (χ2n) is 4.07. The number of halogens is 2. The van der Waals surface area contributed by atoms with Gasteiger partial charge in [-0.3, -0.25) is 4.79 Å². The lowest BCUT2D eigenvalue weighted by Crippen LogP contribution is -1.96. The number of carbonyl (C=O) groups is 1. The van der Waals surface area contributed by atoms with Gasteiger partial charge in [0, 0.05) is 17.2 Å². The summed E-state index contributed by atoms with van der Waals surface area (Å²) in [6.07, 6.45) is 0. The highest BCUT2D eigenvalue weighted by Gasteiger charge is 2.14. The largest absolute Gasteiger partial charge is 0.495 e. The number of methoxy groups -OCH3 is 1. The van der Waals surface area contributed by atoms with Gasteiger partial charge in [-0.25, -0.2) is 0 Å². The van der Waals surface area contributed by atoms with Gasteiger partial charge in [-0.15, -0.1) is 0 Å². The zero-order chi connectivity index (χ0) is 14.0. The molecule has 0 saturated heterocycles. The fourth-order valence-corrected chi connectivity index (χ4v) is 2.41. The van der Waals surface area contributed by atoms with Crippen LogP contribution in [0.3, 0.4) is 0 Å². The van der Waals surface area contributed by atoms with Crippen LogP contribution in [-0.2, 0) is 0 Å². The molecule has 0 aromatic heterocycles. The molecule has 0 atom stereocenters. The third kappa shape index (κ3) is 2.75. The maximum absolute atomic E-state index is 11.7. The molecule has 2 rings (SSSR count). The summed E-state index contributed by atoms with van der Waals surface area (Å²) in [5.74, 6) is 0.495. The summed E-state index contributed by atoms with van der Waals surface area (Å²) in [6, 6.07) is 10.7. The Hall–Kier alpha value is -1.51. The van der Waals surface area contributed by atoms with Gasteiger partial charge in [0.2, 0.25) is 0 Å². The van der Waals surface area contributed by atoms with Crippen molar-refractivity contribution >= 4 is 29.0 Å². The molecule has 19 heavy (non-hydrogen) atoms. The quantitative estimate of drug-likeness (QED) is 0.755. The first-order chi connectivity index (χ1) is 9.04. The van der Waals surface area contributed by atoms with E-state index in [9.17, 15) is 4.79 Å². The monoisotopic (exact) mass is 294 g/mol. The van der Waals surface area contributed by atoms with Crippen LogP contribution in [0.15, 0.2) is 36.4 Å². The van der Waals surface area contributed by atoms with Crippen molar-refractivity contribution in [2.45, 2.75) is 6.92 Å². The minimum Gasteiger partial charge on any atom is -0.495 e. The topological polar surface area (TPSA) is 26.3 Å². The van der Waals surface area contributed by atoms with Crippen LogP contribution in [0, 0.1) is 0 Å². The fourth-order valence-electron chi connectivity index (χ4n) is 1.92. The summed E-state index contributed by atoms with van der Waals surface area (Å²) in [4.78, 5) is 11.7. The van der Waals surface area contributed by atoms with E-state index in [1.165, 1.54) is 14.0 Å². The molecule has 0 bridgehead atoms. The van der Waals surface area contributed by atoms with Crippen LogP contribution in [0.25, 0.3) is 11.1 Å². The van der Waals surface area contributed by atoms with E-state index in [4.69, 9.17) is 27.9 Å². The number of ketones is 1. The van der Waals surface area contributed by atoms with Crippen LogP contribution in [-0.4, -0.2) is 12.9 Å². The molecule has 0 spiro atoms. The number of Topliss-reactive ketones (excluding diaryl/α,β-unsaturated/α-hetero) is 1. The molecule has 98 valence electrons. The van der Waals surface area contributed by atoms with E-state index >= 15 is 0 Å². The van der Waals surface area contributed by atoms with Crippen LogP contribution >= 0.6 is 23.2 Å². The van der Waals surface area contributed by atoms with Gasteiger partial charge >= 0.3 is 0 Å². The minimum absolute atomic E-state index is 0.0152. The molecule has 0 fully saturated rings. The summed E-state index contributed by atoms with van der Waals surface area (Å²) >= 11 is 12.4. The normalized spacial score (nSPS) is 10.3. The average Bonchev–Trinajstić information content (AvgIpc) is 2.40. The third-order valence-corrected chi connectivity index (χ3v) is 3.45. The lowest BCUT2D eigenvalue weighted by molar-refractivity contribution is 0.101. The van der Waals surface area contributed by atoms with E-state index in [0.717, 1.165) is 11.1 Å². The Morgan fingerprint density at radius 2 is 1.74 bits per heavy atom. The maximum atomic E-state index is 11.7. The van der Waals surface area contributed by atoms with Crippen LogP contribution in [0.1, 0.15) is 17.3 Å². The van der Waals surface area contributed by atoms with Gasteiger partial charge in [-0.1, -0.05) is 47.5 Å². The molecule has 0 amide bonds. The maximum Gasteiger partial charge on any atom is 0.160 e. The zero-order valence-corrected chi connectivity index (χ0v) is 12.0. The van der Waals surface area contributed by atoms with E-state index in [0.29, 0.717) is 21.4 Å². The standard InChI is InChI=1S/C15H12Cl2O2/c1-9(18)10-5-3-4-6-11(10)12-7-14(17)15(19-2)8-13(12)16/h3-8H,1-2H3. The fraction of sp³-hybridized carbons (Fsp3) is 0.133. The highest BCUT2D eigenvalue weighted by atomic mass is 35.5. The van der Waals surface area contributed by atoms with Crippen molar-refractivity contribution in [3.8, 4) is 16.9 Å². The Labute approximate surface area is 121 Å². The van der Waals surface area contributed by atoms with E-state index in [1.807, 2.05) is 18.2 Å². The first-order valence-electron chi connectivity index (χ1n) is 5.68. The van der Waals surface area contributed by atoms with E-state index in [-0.39, 0.29) is 5.78 Å². The van der Waals surface area contributed by atoms with Crippen molar-refractivity contribution in [3.63, 3.8) is 0 Å². The molecule has 0 N–H and O–H groups in total. The van der Waals surface area contributed by atoms with Crippen LogP contribution in [0.5, 0.6) is 5.75 Å². The number of rotatable bonds is 3. The van der Waals surface area contributed by atoms with Crippen molar-refractivity contribution in [2.75, 3.05) is 7.11 Å². The van der Waals surface area contributed by atoms with Gasteiger partial charge in [0.05, 0.1) is 17.2 Å².